The highest BCUT2D eigenvalue weighted by atomic mass is 32.2. The topological polar surface area (TPSA) is 84.2 Å². The van der Waals surface area contributed by atoms with E-state index < -0.39 is 9.84 Å². The van der Waals surface area contributed by atoms with Crippen LogP contribution in [0.4, 0.5) is 0 Å². The third kappa shape index (κ3) is 4.29. The predicted molar refractivity (Wildman–Crippen MR) is 93.6 cm³/mol. The average Bonchev–Trinajstić information content (AvgIpc) is 3.25. The van der Waals surface area contributed by atoms with Gasteiger partial charge in [0.1, 0.15) is 0 Å². The summed E-state index contributed by atoms with van der Waals surface area (Å²) in [6.45, 7) is 0.229. The molecule has 1 aromatic heterocycles. The predicted octanol–water partition coefficient (Wildman–Crippen LogP) is 0.578. The van der Waals surface area contributed by atoms with Gasteiger partial charge in [0.05, 0.1) is 17.8 Å². The zero-order valence-electron chi connectivity index (χ0n) is 14.2. The maximum atomic E-state index is 12.5. The Morgan fingerprint density at radius 3 is 2.64 bits per heavy atom. The van der Waals surface area contributed by atoms with E-state index >= 15 is 0 Å². The van der Waals surface area contributed by atoms with E-state index in [2.05, 4.69) is 0 Å². The molecule has 1 aromatic carbocycles. The minimum Gasteiger partial charge on any atom is -0.463 e. The summed E-state index contributed by atoms with van der Waals surface area (Å²) in [7, 11) is -1.32. The van der Waals surface area contributed by atoms with Crippen molar-refractivity contribution in [3.8, 4) is 0 Å². The minimum absolute atomic E-state index is 0.0650. The summed E-state index contributed by atoms with van der Waals surface area (Å²) in [5.41, 5.74) is 1.05. The second-order valence-corrected chi connectivity index (χ2v) is 8.63. The highest BCUT2D eigenvalue weighted by molar-refractivity contribution is 7.91. The van der Waals surface area contributed by atoms with Crippen molar-refractivity contribution in [3.05, 3.63) is 60.1 Å². The van der Waals surface area contributed by atoms with Gasteiger partial charge in [-0.1, -0.05) is 30.3 Å². The number of likely N-dealkylation sites (N-methyl/N-ethyl adjacent to an activating group) is 1. The van der Waals surface area contributed by atoms with Gasteiger partial charge in [0.15, 0.2) is 28.2 Å². The molecule has 25 heavy (non-hydrogen) atoms. The van der Waals surface area contributed by atoms with Gasteiger partial charge in [-0.25, -0.2) is 8.42 Å². The smallest absolute Gasteiger partial charge is 0.277 e. The van der Waals surface area contributed by atoms with Crippen molar-refractivity contribution in [2.24, 2.45) is 0 Å². The zero-order chi connectivity index (χ0) is 17.9. The number of nitrogens with two attached hydrogens (primary N) is 1. The van der Waals surface area contributed by atoms with Crippen LogP contribution in [0.1, 0.15) is 23.8 Å². The van der Waals surface area contributed by atoms with E-state index in [1.807, 2.05) is 47.8 Å². The van der Waals surface area contributed by atoms with Crippen LogP contribution in [0.5, 0.6) is 0 Å². The maximum Gasteiger partial charge on any atom is 0.277 e. The Morgan fingerprint density at radius 2 is 2.04 bits per heavy atom. The van der Waals surface area contributed by atoms with E-state index in [1.165, 1.54) is 0 Å². The summed E-state index contributed by atoms with van der Waals surface area (Å²) in [4.78, 5) is 14.1. The van der Waals surface area contributed by atoms with E-state index in [4.69, 9.17) is 4.42 Å². The molecule has 2 aromatic rings. The first-order valence-corrected chi connectivity index (χ1v) is 10.2. The van der Waals surface area contributed by atoms with Gasteiger partial charge in [-0.3, -0.25) is 4.79 Å². The fourth-order valence-electron chi connectivity index (χ4n) is 3.19. The van der Waals surface area contributed by atoms with Gasteiger partial charge in [0.2, 0.25) is 0 Å². The Morgan fingerprint density at radius 1 is 1.28 bits per heavy atom. The minimum atomic E-state index is -3.00. The lowest BCUT2D eigenvalue weighted by Gasteiger charge is -2.23. The van der Waals surface area contributed by atoms with Gasteiger partial charge in [-0.15, -0.1) is 0 Å². The number of amides is 1. The highest BCUT2D eigenvalue weighted by Crippen LogP contribution is 2.19. The summed E-state index contributed by atoms with van der Waals surface area (Å²) in [5, 5.41) is 1.93. The van der Waals surface area contributed by atoms with Crippen LogP contribution in [-0.4, -0.2) is 50.4 Å². The third-order valence-corrected chi connectivity index (χ3v) is 6.44. The number of sulfone groups is 1. The molecule has 0 radical (unpaired) electrons. The number of carbonyl (C=O) groups excluding carboxylic acids is 1. The zero-order valence-corrected chi connectivity index (χ0v) is 15.0. The molecule has 7 heteroatoms. The van der Waals surface area contributed by atoms with Crippen LogP contribution in [0.2, 0.25) is 0 Å². The van der Waals surface area contributed by atoms with Gasteiger partial charge in [0.25, 0.3) is 5.91 Å². The second-order valence-electron chi connectivity index (χ2n) is 6.41. The number of benzene rings is 1. The Bertz CT molecular complexity index is 803. The lowest BCUT2D eigenvalue weighted by atomic mass is 10.0. The first kappa shape index (κ1) is 17.7. The van der Waals surface area contributed by atoms with Crippen LogP contribution in [-0.2, 0) is 14.6 Å². The van der Waals surface area contributed by atoms with Gasteiger partial charge < -0.3 is 14.6 Å². The van der Waals surface area contributed by atoms with E-state index in [1.54, 1.807) is 18.2 Å². The van der Waals surface area contributed by atoms with Gasteiger partial charge in [-0.2, -0.15) is 0 Å². The van der Waals surface area contributed by atoms with Crippen molar-refractivity contribution in [3.63, 3.8) is 0 Å². The molecule has 0 aliphatic carbocycles. The van der Waals surface area contributed by atoms with Crippen molar-refractivity contribution < 1.29 is 22.9 Å². The quantitative estimate of drug-likeness (QED) is 0.814. The molecule has 0 saturated carbocycles. The van der Waals surface area contributed by atoms with Crippen molar-refractivity contribution >= 4 is 15.7 Å². The lowest BCUT2D eigenvalue weighted by Crippen LogP contribution is -2.87. The number of rotatable bonds is 6. The van der Waals surface area contributed by atoms with Crippen LogP contribution >= 0.6 is 0 Å². The van der Waals surface area contributed by atoms with Gasteiger partial charge >= 0.3 is 0 Å². The molecule has 1 fully saturated rings. The fraction of sp³-hybridized carbons (Fsp3) is 0.389. The van der Waals surface area contributed by atoms with Crippen LogP contribution < -0.4 is 5.32 Å². The van der Waals surface area contributed by atoms with E-state index in [9.17, 15) is 13.2 Å². The third-order valence-electron chi connectivity index (χ3n) is 4.69. The van der Waals surface area contributed by atoms with E-state index in [0.717, 1.165) is 11.3 Å². The molecule has 0 unspecified atom stereocenters. The van der Waals surface area contributed by atoms with Gasteiger partial charge in [-0.05, 0) is 18.6 Å². The number of hydrogen-bond acceptors (Lipinski definition) is 4. The average molecular weight is 363 g/mol. The number of quaternary nitrogens is 1. The highest BCUT2D eigenvalue weighted by Gasteiger charge is 2.33. The Balaban J connectivity index is 1.66. The van der Waals surface area contributed by atoms with Crippen molar-refractivity contribution in [1.82, 2.24) is 4.90 Å². The maximum absolute atomic E-state index is 12.5. The molecular weight excluding hydrogens is 340 g/mol. The molecule has 6 nitrogen and oxygen atoms in total. The monoisotopic (exact) mass is 363 g/mol. The normalized spacial score (nSPS) is 20.3. The molecule has 3 rings (SSSR count). The summed E-state index contributed by atoms with van der Waals surface area (Å²) >= 11 is 0. The molecule has 0 bridgehead atoms. The van der Waals surface area contributed by atoms with Crippen LogP contribution in [0, 0.1) is 0 Å². The molecule has 2 heterocycles. The largest absolute Gasteiger partial charge is 0.463 e. The second kappa shape index (κ2) is 7.41. The van der Waals surface area contributed by atoms with E-state index in [0.29, 0.717) is 6.42 Å². The summed E-state index contributed by atoms with van der Waals surface area (Å²) in [5.74, 6) is 0.938. The molecule has 1 aliphatic heterocycles. The molecule has 134 valence electrons. The SMILES string of the molecule is CN(C(=O)C[NH2+][C@H](c1ccccc1)c1ccco1)[C@H]1CCS(=O)(=O)C1. The van der Waals surface area contributed by atoms with Crippen molar-refractivity contribution in [2.75, 3.05) is 25.1 Å². The summed E-state index contributed by atoms with van der Waals surface area (Å²) < 4.78 is 28.8. The Labute approximate surface area is 147 Å². The molecule has 1 amide bonds. The first-order valence-electron chi connectivity index (χ1n) is 8.34. The molecular formula is C18H23N2O4S+. The van der Waals surface area contributed by atoms with Crippen LogP contribution in [0.3, 0.4) is 0 Å². The molecule has 2 atom stereocenters. The van der Waals surface area contributed by atoms with Crippen LogP contribution in [0.25, 0.3) is 0 Å². The number of furan rings is 1. The Kier molecular flexibility index (Phi) is 5.24. The molecule has 2 N–H and O–H groups in total. The number of hydrogen-bond donors (Lipinski definition) is 1. The van der Waals surface area contributed by atoms with Crippen molar-refractivity contribution in [2.45, 2.75) is 18.5 Å². The van der Waals surface area contributed by atoms with E-state index in [-0.39, 0.29) is 36.0 Å². The molecule has 0 spiro atoms. The number of nitrogens with zero attached hydrogens (tertiary/aromatic N) is 1. The summed E-state index contributed by atoms with van der Waals surface area (Å²) in [6.07, 6.45) is 2.14. The standard InChI is InChI=1S/C18H22N2O4S/c1-20(15-9-11-25(22,23)13-15)17(21)12-19-18(16-8-5-10-24-16)14-6-3-2-4-7-14/h2-8,10,15,18-19H,9,11-13H2,1H3/p+1/t15-,18+/m0/s1. The van der Waals surface area contributed by atoms with Gasteiger partial charge in [0, 0.05) is 18.7 Å². The first-order chi connectivity index (χ1) is 12.0. The number of carbonyl (C=O) groups is 1. The molecule has 1 saturated heterocycles. The lowest BCUT2D eigenvalue weighted by molar-refractivity contribution is -0.679. The summed E-state index contributed by atoms with van der Waals surface area (Å²) in [6, 6.07) is 13.3. The fourth-order valence-corrected chi connectivity index (χ4v) is 4.97. The Hall–Kier alpha value is -2.12. The van der Waals surface area contributed by atoms with Crippen LogP contribution in [0.15, 0.2) is 53.1 Å². The molecule has 1 aliphatic rings. The van der Waals surface area contributed by atoms with Crippen molar-refractivity contribution in [1.29, 1.82) is 0 Å².